The first-order chi connectivity index (χ1) is 11.3. The number of aromatic nitrogens is 5. The molecule has 0 aliphatic carbocycles. The summed E-state index contributed by atoms with van der Waals surface area (Å²) < 4.78 is 39.8. The van der Waals surface area contributed by atoms with Crippen LogP contribution in [0, 0.1) is 6.92 Å². The van der Waals surface area contributed by atoms with E-state index in [1.807, 2.05) is 24.0 Å². The highest BCUT2D eigenvalue weighted by Crippen LogP contribution is 2.29. The van der Waals surface area contributed by atoms with Gasteiger partial charge in [-0.25, -0.2) is 4.98 Å². The molecule has 1 unspecified atom stereocenters. The average molecular weight is 336 g/mol. The monoisotopic (exact) mass is 336 g/mol. The fourth-order valence-electron chi connectivity index (χ4n) is 2.38. The Bertz CT molecular complexity index is 859. The van der Waals surface area contributed by atoms with Crippen LogP contribution in [0.3, 0.4) is 0 Å². The van der Waals surface area contributed by atoms with Gasteiger partial charge in [0.25, 0.3) is 11.6 Å². The number of hydrogen-bond donors (Lipinski definition) is 0. The van der Waals surface area contributed by atoms with Crippen LogP contribution in [-0.4, -0.2) is 31.6 Å². The minimum Gasteiger partial charge on any atom is -0.353 e. The Kier molecular flexibility index (Phi) is 3.86. The van der Waals surface area contributed by atoms with Crippen LogP contribution in [0.25, 0.3) is 5.78 Å². The predicted octanol–water partition coefficient (Wildman–Crippen LogP) is 3.04. The van der Waals surface area contributed by atoms with Crippen molar-refractivity contribution in [1.82, 2.24) is 24.6 Å². The molecule has 3 aromatic rings. The van der Waals surface area contributed by atoms with Gasteiger partial charge in [0.1, 0.15) is 5.82 Å². The molecule has 0 bridgehead atoms. The van der Waals surface area contributed by atoms with Gasteiger partial charge in [0.15, 0.2) is 0 Å². The van der Waals surface area contributed by atoms with Gasteiger partial charge in [-0.2, -0.15) is 22.7 Å². The van der Waals surface area contributed by atoms with E-state index in [9.17, 15) is 13.2 Å². The first-order valence-electron chi connectivity index (χ1n) is 7.22. The van der Waals surface area contributed by atoms with Gasteiger partial charge < -0.3 is 4.90 Å². The molecule has 0 amide bonds. The molecule has 0 N–H and O–H groups in total. The van der Waals surface area contributed by atoms with Crippen LogP contribution in [0.4, 0.5) is 19.0 Å². The highest BCUT2D eigenvalue weighted by atomic mass is 19.4. The molecule has 3 aromatic heterocycles. The normalized spacial score (nSPS) is 13.2. The fourth-order valence-corrected chi connectivity index (χ4v) is 2.38. The molecule has 126 valence electrons. The Morgan fingerprint density at radius 1 is 1.25 bits per heavy atom. The first-order valence-corrected chi connectivity index (χ1v) is 7.22. The summed E-state index contributed by atoms with van der Waals surface area (Å²) in [6.45, 7) is 3.63. The maximum Gasteiger partial charge on any atom is 0.453 e. The summed E-state index contributed by atoms with van der Waals surface area (Å²) in [7, 11) is 1.78. The van der Waals surface area contributed by atoms with E-state index in [0.717, 1.165) is 10.1 Å². The van der Waals surface area contributed by atoms with Crippen molar-refractivity contribution in [2.75, 3.05) is 11.9 Å². The number of fused-ring (bicyclic) bond motifs is 1. The Balaban J connectivity index is 2.09. The summed E-state index contributed by atoms with van der Waals surface area (Å²) >= 11 is 0. The minimum atomic E-state index is -4.62. The zero-order valence-electron chi connectivity index (χ0n) is 13.3. The number of nitrogens with zero attached hydrogens (tertiary/aromatic N) is 6. The Labute approximate surface area is 136 Å². The van der Waals surface area contributed by atoms with E-state index in [0.29, 0.717) is 11.5 Å². The summed E-state index contributed by atoms with van der Waals surface area (Å²) in [5, 5.41) is 3.58. The van der Waals surface area contributed by atoms with Gasteiger partial charge in [-0.3, -0.25) is 4.98 Å². The van der Waals surface area contributed by atoms with Gasteiger partial charge >= 0.3 is 6.18 Å². The topological polar surface area (TPSA) is 59.2 Å². The van der Waals surface area contributed by atoms with Gasteiger partial charge in [-0.1, -0.05) is 6.07 Å². The fraction of sp³-hybridized carbons (Fsp3) is 0.333. The van der Waals surface area contributed by atoms with Crippen LogP contribution >= 0.6 is 0 Å². The van der Waals surface area contributed by atoms with Gasteiger partial charge in [-0.05, 0) is 25.5 Å². The lowest BCUT2D eigenvalue weighted by Crippen LogP contribution is -2.24. The maximum atomic E-state index is 12.9. The van der Waals surface area contributed by atoms with Crippen molar-refractivity contribution in [2.24, 2.45) is 0 Å². The van der Waals surface area contributed by atoms with Crippen molar-refractivity contribution >= 4 is 11.6 Å². The molecule has 3 rings (SSSR count). The summed E-state index contributed by atoms with van der Waals surface area (Å²) in [4.78, 5) is 13.4. The molecule has 6 nitrogen and oxygen atoms in total. The third-order valence-corrected chi connectivity index (χ3v) is 3.78. The lowest BCUT2D eigenvalue weighted by molar-refractivity contribution is -0.144. The van der Waals surface area contributed by atoms with E-state index in [1.165, 1.54) is 0 Å². The van der Waals surface area contributed by atoms with Crippen molar-refractivity contribution in [3.05, 3.63) is 47.7 Å². The SMILES string of the molecule is Cc1cc(N(C)C(C)c2cccnc2)n2nc(C(F)(F)F)nc2n1. The molecule has 0 spiro atoms. The number of alkyl halides is 3. The molecular weight excluding hydrogens is 321 g/mol. The molecule has 3 heterocycles. The number of aryl methyl sites for hydroxylation is 1. The zero-order valence-corrected chi connectivity index (χ0v) is 13.3. The summed E-state index contributed by atoms with van der Waals surface area (Å²) in [5.74, 6) is -0.816. The molecular formula is C15H15F3N6. The summed E-state index contributed by atoms with van der Waals surface area (Å²) in [5.41, 5.74) is 1.49. The van der Waals surface area contributed by atoms with Crippen LogP contribution in [-0.2, 0) is 6.18 Å². The second-order valence-electron chi connectivity index (χ2n) is 5.47. The van der Waals surface area contributed by atoms with Crippen molar-refractivity contribution in [3.63, 3.8) is 0 Å². The Morgan fingerprint density at radius 2 is 2.00 bits per heavy atom. The quantitative estimate of drug-likeness (QED) is 0.736. The van der Waals surface area contributed by atoms with Crippen molar-refractivity contribution in [3.8, 4) is 0 Å². The third kappa shape index (κ3) is 2.89. The number of pyridine rings is 1. The van der Waals surface area contributed by atoms with Gasteiger partial charge in [0.05, 0.1) is 6.04 Å². The predicted molar refractivity (Wildman–Crippen MR) is 81.6 cm³/mol. The largest absolute Gasteiger partial charge is 0.453 e. The number of rotatable bonds is 3. The molecule has 9 heteroatoms. The highest BCUT2D eigenvalue weighted by Gasteiger charge is 2.37. The van der Waals surface area contributed by atoms with E-state index in [4.69, 9.17) is 0 Å². The maximum absolute atomic E-state index is 12.9. The second-order valence-corrected chi connectivity index (χ2v) is 5.47. The van der Waals surface area contributed by atoms with Crippen molar-refractivity contribution < 1.29 is 13.2 Å². The van der Waals surface area contributed by atoms with E-state index in [-0.39, 0.29) is 11.8 Å². The highest BCUT2D eigenvalue weighted by molar-refractivity contribution is 5.49. The summed E-state index contributed by atoms with van der Waals surface area (Å²) in [6, 6.07) is 5.27. The lowest BCUT2D eigenvalue weighted by Gasteiger charge is -2.27. The number of halogens is 3. The number of hydrogen-bond acceptors (Lipinski definition) is 5. The molecule has 0 saturated heterocycles. The van der Waals surface area contributed by atoms with Crippen LogP contribution < -0.4 is 4.90 Å². The first kappa shape index (κ1) is 16.2. The standard InChI is InChI=1S/C15H15F3N6/c1-9-7-12(23(3)10(2)11-5-4-6-19-8-11)24-14(20-9)21-13(22-24)15(16,17)18/h4-8,10H,1-3H3. The van der Waals surface area contributed by atoms with E-state index in [1.54, 1.807) is 32.4 Å². The van der Waals surface area contributed by atoms with Gasteiger partial charge in [0.2, 0.25) is 0 Å². The Morgan fingerprint density at radius 3 is 2.62 bits per heavy atom. The van der Waals surface area contributed by atoms with Crippen molar-refractivity contribution in [2.45, 2.75) is 26.1 Å². The molecule has 0 radical (unpaired) electrons. The van der Waals surface area contributed by atoms with E-state index >= 15 is 0 Å². The minimum absolute atomic E-state index is 0.0810. The Hall–Kier alpha value is -2.71. The molecule has 0 saturated carbocycles. The summed E-state index contributed by atoms with van der Waals surface area (Å²) in [6.07, 6.45) is -1.24. The van der Waals surface area contributed by atoms with Crippen LogP contribution in [0.15, 0.2) is 30.6 Å². The van der Waals surface area contributed by atoms with Gasteiger partial charge in [-0.15, -0.1) is 5.10 Å². The number of anilines is 1. The second kappa shape index (κ2) is 5.73. The molecule has 0 aliphatic rings. The third-order valence-electron chi connectivity index (χ3n) is 3.78. The lowest BCUT2D eigenvalue weighted by atomic mass is 10.1. The van der Waals surface area contributed by atoms with Crippen molar-refractivity contribution in [1.29, 1.82) is 0 Å². The smallest absolute Gasteiger partial charge is 0.353 e. The van der Waals surface area contributed by atoms with Gasteiger partial charge in [0, 0.05) is 31.2 Å². The van der Waals surface area contributed by atoms with Crippen LogP contribution in [0.5, 0.6) is 0 Å². The van der Waals surface area contributed by atoms with E-state index < -0.39 is 12.0 Å². The molecule has 0 aromatic carbocycles. The molecule has 24 heavy (non-hydrogen) atoms. The molecule has 1 atom stereocenters. The molecule has 0 aliphatic heterocycles. The van der Waals surface area contributed by atoms with Crippen LogP contribution in [0.2, 0.25) is 0 Å². The average Bonchev–Trinajstić information content (AvgIpc) is 2.97. The zero-order chi connectivity index (χ0) is 17.5. The van der Waals surface area contributed by atoms with Crippen LogP contribution in [0.1, 0.15) is 30.0 Å². The molecule has 0 fully saturated rings. The van der Waals surface area contributed by atoms with E-state index in [2.05, 4.69) is 20.1 Å².